The Morgan fingerprint density at radius 3 is 2.38 bits per heavy atom. The van der Waals surface area contributed by atoms with Crippen molar-refractivity contribution < 1.29 is 24.3 Å². The maximum Gasteiger partial charge on any atom is 0.254 e. The zero-order chi connectivity index (χ0) is 25.6. The molecule has 0 radical (unpaired) electrons. The molecule has 2 rings (SSSR count). The van der Waals surface area contributed by atoms with E-state index in [1.165, 1.54) is 4.90 Å². The minimum atomic E-state index is -1.68. The zero-order valence-electron chi connectivity index (χ0n) is 19.7. The predicted octanol–water partition coefficient (Wildman–Crippen LogP) is -0.599. The number of carbonyl (C=O) groups is 4. The smallest absolute Gasteiger partial charge is 0.254 e. The maximum atomic E-state index is 13.3. The lowest BCUT2D eigenvalue weighted by atomic mass is 9.99. The van der Waals surface area contributed by atoms with E-state index in [0.29, 0.717) is 0 Å². The van der Waals surface area contributed by atoms with Gasteiger partial charge in [-0.05, 0) is 39.2 Å². The summed E-state index contributed by atoms with van der Waals surface area (Å²) in [5.74, 6) is -2.59. The number of hydrogen-bond acceptors (Lipinski definition) is 6. The van der Waals surface area contributed by atoms with Gasteiger partial charge in [-0.2, -0.15) is 0 Å². The molecule has 1 heterocycles. The molecule has 10 nitrogen and oxygen atoms in total. The SMILES string of the molecule is CC(C)(C)NC(=O)[C@@H]1C[C@H](Cl)CN1C(=O)[C@@H](O)[C@H](Cc1ccccc1)NC(=O)[C@@H](N)CC(N)=O. The third-order valence-corrected chi connectivity index (χ3v) is 5.67. The summed E-state index contributed by atoms with van der Waals surface area (Å²) in [4.78, 5) is 51.0. The number of carbonyl (C=O) groups excluding carboxylic acids is 4. The van der Waals surface area contributed by atoms with Gasteiger partial charge in [-0.1, -0.05) is 30.3 Å². The summed E-state index contributed by atoms with van der Waals surface area (Å²) in [6.45, 7) is 5.53. The van der Waals surface area contributed by atoms with Crippen molar-refractivity contribution in [1.29, 1.82) is 0 Å². The number of alkyl halides is 1. The molecule has 0 bridgehead atoms. The molecule has 0 unspecified atom stereocenters. The monoisotopic (exact) mass is 495 g/mol. The van der Waals surface area contributed by atoms with Crippen LogP contribution in [0.2, 0.25) is 0 Å². The molecule has 1 fully saturated rings. The van der Waals surface area contributed by atoms with E-state index in [1.54, 1.807) is 24.3 Å². The minimum absolute atomic E-state index is 0.0763. The number of benzene rings is 1. The Morgan fingerprint density at radius 2 is 1.82 bits per heavy atom. The fraction of sp³-hybridized carbons (Fsp3) is 0.565. The third-order valence-electron chi connectivity index (χ3n) is 5.35. The number of halogens is 1. The topological polar surface area (TPSA) is 168 Å². The summed E-state index contributed by atoms with van der Waals surface area (Å²) in [6, 6.07) is 5.79. The number of amides is 4. The molecule has 1 aromatic rings. The van der Waals surface area contributed by atoms with Crippen molar-refractivity contribution in [3.8, 4) is 0 Å². The van der Waals surface area contributed by atoms with Gasteiger partial charge in [0, 0.05) is 12.1 Å². The predicted molar refractivity (Wildman–Crippen MR) is 128 cm³/mol. The molecule has 34 heavy (non-hydrogen) atoms. The van der Waals surface area contributed by atoms with E-state index in [0.717, 1.165) is 5.56 Å². The Kier molecular flexibility index (Phi) is 9.43. The van der Waals surface area contributed by atoms with E-state index < -0.39 is 52.9 Å². The number of primary amides is 1. The van der Waals surface area contributed by atoms with Gasteiger partial charge in [-0.15, -0.1) is 11.6 Å². The molecule has 0 saturated carbocycles. The van der Waals surface area contributed by atoms with Gasteiger partial charge in [-0.3, -0.25) is 19.2 Å². The van der Waals surface area contributed by atoms with Crippen molar-refractivity contribution in [2.75, 3.05) is 6.54 Å². The first kappa shape index (κ1) is 27.6. The number of nitrogens with two attached hydrogens (primary N) is 2. The van der Waals surface area contributed by atoms with Crippen molar-refractivity contribution >= 4 is 35.2 Å². The number of nitrogens with zero attached hydrogens (tertiary/aromatic N) is 1. The van der Waals surface area contributed by atoms with E-state index in [9.17, 15) is 24.3 Å². The molecule has 188 valence electrons. The molecule has 7 N–H and O–H groups in total. The lowest BCUT2D eigenvalue weighted by Gasteiger charge is -2.32. The molecule has 0 aromatic heterocycles. The van der Waals surface area contributed by atoms with Crippen LogP contribution in [0.5, 0.6) is 0 Å². The fourth-order valence-corrected chi connectivity index (χ4v) is 4.10. The number of hydrogen-bond donors (Lipinski definition) is 5. The van der Waals surface area contributed by atoms with Gasteiger partial charge < -0.3 is 32.1 Å². The van der Waals surface area contributed by atoms with Crippen LogP contribution < -0.4 is 22.1 Å². The number of likely N-dealkylation sites (tertiary alicyclic amines) is 1. The highest BCUT2D eigenvalue weighted by Crippen LogP contribution is 2.25. The van der Waals surface area contributed by atoms with Gasteiger partial charge in [-0.25, -0.2) is 0 Å². The summed E-state index contributed by atoms with van der Waals surface area (Å²) < 4.78 is 0. The average molecular weight is 496 g/mol. The first-order valence-electron chi connectivity index (χ1n) is 11.1. The average Bonchev–Trinajstić information content (AvgIpc) is 3.13. The number of nitrogens with one attached hydrogen (secondary N) is 2. The standard InChI is InChI=1S/C23H34ClN5O5/c1-23(2,3)28-21(33)17-10-14(24)12-29(17)22(34)19(31)16(9-13-7-5-4-6-8-13)27-20(32)15(25)11-18(26)30/h4-8,14-17,19,31H,9-12,25H2,1-3H3,(H2,26,30)(H,27,32)(H,28,33)/t14-,15-,16-,17-,19-/m0/s1. The van der Waals surface area contributed by atoms with Gasteiger partial charge in [0.05, 0.1) is 23.9 Å². The van der Waals surface area contributed by atoms with E-state index in [4.69, 9.17) is 23.1 Å². The van der Waals surface area contributed by atoms with E-state index in [-0.39, 0.29) is 31.7 Å². The van der Waals surface area contributed by atoms with Crippen molar-refractivity contribution in [2.24, 2.45) is 11.5 Å². The molecule has 0 aliphatic carbocycles. The third kappa shape index (κ3) is 7.96. The summed E-state index contributed by atoms with van der Waals surface area (Å²) in [7, 11) is 0. The molecule has 1 aliphatic rings. The number of rotatable bonds is 9. The maximum absolute atomic E-state index is 13.3. The lowest BCUT2D eigenvalue weighted by molar-refractivity contribution is -0.147. The normalized spacial score (nSPS) is 20.8. The molecular formula is C23H34ClN5O5. The second kappa shape index (κ2) is 11.6. The highest BCUT2D eigenvalue weighted by Gasteiger charge is 2.43. The molecule has 1 saturated heterocycles. The van der Waals surface area contributed by atoms with Crippen LogP contribution in [0.4, 0.5) is 0 Å². The molecule has 1 aliphatic heterocycles. The Bertz CT molecular complexity index is 891. The van der Waals surface area contributed by atoms with Gasteiger partial charge in [0.1, 0.15) is 6.04 Å². The number of aliphatic hydroxyl groups excluding tert-OH is 1. The lowest BCUT2D eigenvalue weighted by Crippen LogP contribution is -2.58. The highest BCUT2D eigenvalue weighted by molar-refractivity contribution is 6.21. The van der Waals surface area contributed by atoms with Crippen LogP contribution in [0.25, 0.3) is 0 Å². The Balaban J connectivity index is 2.24. The van der Waals surface area contributed by atoms with Gasteiger partial charge >= 0.3 is 0 Å². The zero-order valence-corrected chi connectivity index (χ0v) is 20.4. The minimum Gasteiger partial charge on any atom is -0.381 e. The van der Waals surface area contributed by atoms with Gasteiger partial charge in [0.25, 0.3) is 5.91 Å². The van der Waals surface area contributed by atoms with Crippen LogP contribution in [0.3, 0.4) is 0 Å². The first-order valence-corrected chi connectivity index (χ1v) is 11.5. The summed E-state index contributed by atoms with van der Waals surface area (Å²) >= 11 is 6.26. The van der Waals surface area contributed by atoms with Crippen LogP contribution >= 0.6 is 11.6 Å². The van der Waals surface area contributed by atoms with Crippen LogP contribution in [-0.4, -0.2) is 75.3 Å². The Hall–Kier alpha value is -2.69. The van der Waals surface area contributed by atoms with E-state index >= 15 is 0 Å². The van der Waals surface area contributed by atoms with E-state index in [2.05, 4.69) is 10.6 Å². The van der Waals surface area contributed by atoms with Crippen LogP contribution in [0.15, 0.2) is 30.3 Å². The van der Waals surface area contributed by atoms with Crippen molar-refractivity contribution in [3.63, 3.8) is 0 Å². The highest BCUT2D eigenvalue weighted by atomic mass is 35.5. The Morgan fingerprint density at radius 1 is 1.21 bits per heavy atom. The quantitative estimate of drug-likeness (QED) is 0.286. The summed E-state index contributed by atoms with van der Waals surface area (Å²) in [5, 5.41) is 16.0. The first-order chi connectivity index (χ1) is 15.8. The second-order valence-electron chi connectivity index (χ2n) is 9.61. The largest absolute Gasteiger partial charge is 0.381 e. The van der Waals surface area contributed by atoms with Crippen molar-refractivity contribution in [1.82, 2.24) is 15.5 Å². The molecule has 1 aromatic carbocycles. The fourth-order valence-electron chi connectivity index (χ4n) is 3.78. The molecule has 0 spiro atoms. The second-order valence-corrected chi connectivity index (χ2v) is 10.2. The van der Waals surface area contributed by atoms with Crippen LogP contribution in [-0.2, 0) is 25.6 Å². The number of aliphatic hydroxyl groups is 1. The van der Waals surface area contributed by atoms with E-state index in [1.807, 2.05) is 26.8 Å². The summed E-state index contributed by atoms with van der Waals surface area (Å²) in [5.41, 5.74) is 11.1. The summed E-state index contributed by atoms with van der Waals surface area (Å²) in [6.07, 6.45) is -1.72. The van der Waals surface area contributed by atoms with Crippen molar-refractivity contribution in [3.05, 3.63) is 35.9 Å². The van der Waals surface area contributed by atoms with Crippen LogP contribution in [0, 0.1) is 0 Å². The van der Waals surface area contributed by atoms with Gasteiger partial charge in [0.15, 0.2) is 6.10 Å². The molecule has 4 amide bonds. The van der Waals surface area contributed by atoms with Gasteiger partial charge in [0.2, 0.25) is 17.7 Å². The molecule has 11 heteroatoms. The molecule has 5 atom stereocenters. The Labute approximate surface area is 204 Å². The van der Waals surface area contributed by atoms with Crippen molar-refractivity contribution in [2.45, 2.75) is 75.2 Å². The van der Waals surface area contributed by atoms with Crippen LogP contribution in [0.1, 0.15) is 39.2 Å². The molecular weight excluding hydrogens is 462 g/mol.